The number of ketones is 1. The summed E-state index contributed by atoms with van der Waals surface area (Å²) in [5.41, 5.74) is 0.853. The fourth-order valence-corrected chi connectivity index (χ4v) is 1.96. The van der Waals surface area contributed by atoms with E-state index in [1.807, 2.05) is 0 Å². The first-order valence-corrected chi connectivity index (χ1v) is 5.09. The molecule has 70 valence electrons. The van der Waals surface area contributed by atoms with Gasteiger partial charge in [-0.1, -0.05) is 28.1 Å². The molecule has 1 aromatic carbocycles. The van der Waals surface area contributed by atoms with Gasteiger partial charge in [-0.05, 0) is 24.6 Å². The van der Waals surface area contributed by atoms with Crippen LogP contribution in [0.15, 0.2) is 24.3 Å². The van der Waals surface area contributed by atoms with E-state index in [-0.39, 0.29) is 17.5 Å². The van der Waals surface area contributed by atoms with E-state index in [0.29, 0.717) is 5.33 Å². The lowest BCUT2D eigenvalue weighted by atomic mass is 9.98. The van der Waals surface area contributed by atoms with Crippen LogP contribution in [-0.4, -0.2) is 11.1 Å². The molecule has 0 spiro atoms. The molecular formula is C10H10BrFO. The molecule has 1 nitrogen and oxygen atoms in total. The molecule has 13 heavy (non-hydrogen) atoms. The van der Waals surface area contributed by atoms with Crippen LogP contribution in [0.2, 0.25) is 0 Å². The highest BCUT2D eigenvalue weighted by atomic mass is 79.9. The van der Waals surface area contributed by atoms with Gasteiger partial charge in [0, 0.05) is 5.33 Å². The van der Waals surface area contributed by atoms with Crippen molar-refractivity contribution in [1.82, 2.24) is 0 Å². The molecule has 0 amide bonds. The highest BCUT2D eigenvalue weighted by Gasteiger charge is 2.14. The van der Waals surface area contributed by atoms with E-state index in [2.05, 4.69) is 15.9 Å². The lowest BCUT2D eigenvalue weighted by Crippen LogP contribution is -2.09. The summed E-state index contributed by atoms with van der Waals surface area (Å²) in [6.07, 6.45) is 0. The van der Waals surface area contributed by atoms with E-state index in [0.717, 1.165) is 5.56 Å². The maximum atomic E-state index is 12.6. The highest BCUT2D eigenvalue weighted by molar-refractivity contribution is 9.09. The Balaban J connectivity index is 2.92. The van der Waals surface area contributed by atoms with Crippen molar-refractivity contribution >= 4 is 21.7 Å². The first kappa shape index (κ1) is 10.4. The number of carbonyl (C=O) groups is 1. The molecule has 3 heteroatoms. The first-order valence-electron chi connectivity index (χ1n) is 3.97. The van der Waals surface area contributed by atoms with Crippen LogP contribution in [0.5, 0.6) is 0 Å². The zero-order chi connectivity index (χ0) is 9.84. The number of Topliss-reactive ketones (excluding diaryl/α,β-unsaturated/α-hetero) is 1. The van der Waals surface area contributed by atoms with E-state index in [1.54, 1.807) is 12.1 Å². The van der Waals surface area contributed by atoms with E-state index in [4.69, 9.17) is 0 Å². The van der Waals surface area contributed by atoms with Gasteiger partial charge in [0.25, 0.3) is 0 Å². The number of hydrogen-bond acceptors (Lipinski definition) is 1. The zero-order valence-electron chi connectivity index (χ0n) is 7.26. The first-order chi connectivity index (χ1) is 6.15. The zero-order valence-corrected chi connectivity index (χ0v) is 8.84. The number of carbonyl (C=O) groups excluding carboxylic acids is 1. The molecule has 1 rings (SSSR count). The van der Waals surface area contributed by atoms with Gasteiger partial charge in [-0.15, -0.1) is 0 Å². The Hall–Kier alpha value is -0.700. The van der Waals surface area contributed by atoms with Crippen molar-refractivity contribution in [1.29, 1.82) is 0 Å². The van der Waals surface area contributed by atoms with Crippen molar-refractivity contribution in [3.8, 4) is 0 Å². The molecule has 0 heterocycles. The lowest BCUT2D eigenvalue weighted by molar-refractivity contribution is -0.117. The van der Waals surface area contributed by atoms with Crippen molar-refractivity contribution in [2.45, 2.75) is 12.8 Å². The Bertz CT molecular complexity index is 294. The van der Waals surface area contributed by atoms with E-state index < -0.39 is 0 Å². The summed E-state index contributed by atoms with van der Waals surface area (Å²) in [6.45, 7) is 1.54. The van der Waals surface area contributed by atoms with Crippen LogP contribution in [0, 0.1) is 5.82 Å². The predicted molar refractivity (Wildman–Crippen MR) is 53.6 cm³/mol. The van der Waals surface area contributed by atoms with Gasteiger partial charge in [0.05, 0.1) is 5.92 Å². The van der Waals surface area contributed by atoms with Crippen LogP contribution in [-0.2, 0) is 4.79 Å². The van der Waals surface area contributed by atoms with Gasteiger partial charge >= 0.3 is 0 Å². The normalized spacial score (nSPS) is 12.5. The van der Waals surface area contributed by atoms with Crippen LogP contribution in [0.1, 0.15) is 18.4 Å². The molecular weight excluding hydrogens is 235 g/mol. The van der Waals surface area contributed by atoms with Crippen molar-refractivity contribution in [2.75, 3.05) is 5.33 Å². The molecule has 0 aromatic heterocycles. The van der Waals surface area contributed by atoms with Crippen LogP contribution < -0.4 is 0 Å². The summed E-state index contributed by atoms with van der Waals surface area (Å²) in [7, 11) is 0. The van der Waals surface area contributed by atoms with Gasteiger partial charge in [-0.3, -0.25) is 4.79 Å². The van der Waals surface area contributed by atoms with Gasteiger partial charge in [0.2, 0.25) is 0 Å². The van der Waals surface area contributed by atoms with Crippen molar-refractivity contribution in [3.05, 3.63) is 35.6 Å². The topological polar surface area (TPSA) is 17.1 Å². The second-order valence-electron chi connectivity index (χ2n) is 2.87. The molecule has 0 aliphatic carbocycles. The molecule has 1 atom stereocenters. The quantitative estimate of drug-likeness (QED) is 0.748. The molecule has 0 bridgehead atoms. The molecule has 0 N–H and O–H groups in total. The smallest absolute Gasteiger partial charge is 0.138 e. The minimum absolute atomic E-state index is 0.0866. The summed E-state index contributed by atoms with van der Waals surface area (Å²) in [4.78, 5) is 11.1. The Kier molecular flexibility index (Phi) is 3.60. The molecule has 1 aromatic rings. The lowest BCUT2D eigenvalue weighted by Gasteiger charge is -2.09. The monoisotopic (exact) mass is 244 g/mol. The van der Waals surface area contributed by atoms with Gasteiger partial charge in [0.1, 0.15) is 11.6 Å². The molecule has 0 saturated carbocycles. The largest absolute Gasteiger partial charge is 0.299 e. The third kappa shape index (κ3) is 2.62. The number of halogens is 2. The number of rotatable bonds is 3. The Morgan fingerprint density at radius 1 is 1.46 bits per heavy atom. The third-order valence-electron chi connectivity index (χ3n) is 1.92. The molecule has 0 radical (unpaired) electrons. The summed E-state index contributed by atoms with van der Waals surface area (Å²) in [5, 5.41) is 0.577. The van der Waals surface area contributed by atoms with Crippen molar-refractivity contribution in [3.63, 3.8) is 0 Å². The number of alkyl halides is 1. The molecule has 1 unspecified atom stereocenters. The number of hydrogen-bond donors (Lipinski definition) is 0. The van der Waals surface area contributed by atoms with E-state index >= 15 is 0 Å². The maximum absolute atomic E-state index is 12.6. The van der Waals surface area contributed by atoms with Crippen molar-refractivity contribution < 1.29 is 9.18 Å². The standard InChI is InChI=1S/C10H10BrFO/c1-7(13)10(6-11)8-2-4-9(12)5-3-8/h2-5,10H,6H2,1H3. The third-order valence-corrected chi connectivity index (χ3v) is 2.56. The Morgan fingerprint density at radius 3 is 2.38 bits per heavy atom. The van der Waals surface area contributed by atoms with Crippen LogP contribution >= 0.6 is 15.9 Å². The summed E-state index contributed by atoms with van der Waals surface area (Å²) < 4.78 is 12.6. The average molecular weight is 245 g/mol. The van der Waals surface area contributed by atoms with Gasteiger partial charge < -0.3 is 0 Å². The minimum atomic E-state index is -0.277. The van der Waals surface area contributed by atoms with Crippen LogP contribution in [0.4, 0.5) is 4.39 Å². The minimum Gasteiger partial charge on any atom is -0.299 e. The second kappa shape index (κ2) is 4.51. The Labute approximate surface area is 85.1 Å². The van der Waals surface area contributed by atoms with Crippen LogP contribution in [0.25, 0.3) is 0 Å². The van der Waals surface area contributed by atoms with E-state index in [1.165, 1.54) is 19.1 Å². The maximum Gasteiger partial charge on any atom is 0.138 e. The number of benzene rings is 1. The van der Waals surface area contributed by atoms with Gasteiger partial charge in [0.15, 0.2) is 0 Å². The molecule has 0 fully saturated rings. The average Bonchev–Trinajstić information content (AvgIpc) is 2.09. The SMILES string of the molecule is CC(=O)C(CBr)c1ccc(F)cc1. The van der Waals surface area contributed by atoms with Crippen molar-refractivity contribution in [2.24, 2.45) is 0 Å². The fourth-order valence-electron chi connectivity index (χ4n) is 1.13. The highest BCUT2D eigenvalue weighted by Crippen LogP contribution is 2.19. The summed E-state index contributed by atoms with van der Waals surface area (Å²) in [5.74, 6) is -0.357. The molecule has 0 aliphatic heterocycles. The fraction of sp³-hybridized carbons (Fsp3) is 0.300. The Morgan fingerprint density at radius 2 is 2.00 bits per heavy atom. The van der Waals surface area contributed by atoms with Gasteiger partial charge in [-0.2, -0.15) is 0 Å². The summed E-state index contributed by atoms with van der Waals surface area (Å²) >= 11 is 3.26. The van der Waals surface area contributed by atoms with Crippen LogP contribution in [0.3, 0.4) is 0 Å². The second-order valence-corrected chi connectivity index (χ2v) is 3.52. The van der Waals surface area contributed by atoms with Gasteiger partial charge in [-0.25, -0.2) is 4.39 Å². The molecule has 0 aliphatic rings. The summed E-state index contributed by atoms with van der Waals surface area (Å²) in [6, 6.07) is 6.02. The van der Waals surface area contributed by atoms with E-state index in [9.17, 15) is 9.18 Å². The predicted octanol–water partition coefficient (Wildman–Crippen LogP) is 2.89. The molecule has 0 saturated heterocycles.